The summed E-state index contributed by atoms with van der Waals surface area (Å²) in [5.41, 5.74) is -0.623. The van der Waals surface area contributed by atoms with Crippen LogP contribution in [0.1, 0.15) is 37.1 Å². The van der Waals surface area contributed by atoms with Crippen LogP contribution in [0.15, 0.2) is 66.7 Å². The SMILES string of the molecule is CCC(C)(Oc1cccc(Cn2c(C)c(Oc3ccc(OC)cc3)c3ccc(C(F)(F)F)cc32)c1)C(=O)[O-].[Na+]. The Morgan fingerprint density at radius 1 is 0.974 bits per heavy atom. The van der Waals surface area contributed by atoms with Crippen molar-refractivity contribution in [1.29, 1.82) is 0 Å². The number of aromatic nitrogens is 1. The van der Waals surface area contributed by atoms with E-state index in [1.165, 1.54) is 13.0 Å². The van der Waals surface area contributed by atoms with Gasteiger partial charge in [0, 0.05) is 11.9 Å². The molecule has 1 atom stereocenters. The normalized spacial score (nSPS) is 12.9. The summed E-state index contributed by atoms with van der Waals surface area (Å²) in [6, 6.07) is 17.2. The summed E-state index contributed by atoms with van der Waals surface area (Å²) in [6.45, 7) is 5.08. The number of benzene rings is 3. The molecule has 0 bridgehead atoms. The Morgan fingerprint density at radius 2 is 1.64 bits per heavy atom. The fourth-order valence-corrected chi connectivity index (χ4v) is 4.12. The number of halogens is 3. The third-order valence-corrected chi connectivity index (χ3v) is 6.56. The zero-order chi connectivity index (χ0) is 27.7. The van der Waals surface area contributed by atoms with Gasteiger partial charge in [-0.05, 0) is 80.4 Å². The topological polar surface area (TPSA) is 72.8 Å². The van der Waals surface area contributed by atoms with E-state index in [9.17, 15) is 23.1 Å². The predicted molar refractivity (Wildman–Crippen MR) is 135 cm³/mol. The van der Waals surface area contributed by atoms with Gasteiger partial charge >= 0.3 is 35.7 Å². The van der Waals surface area contributed by atoms with Gasteiger partial charge in [0.1, 0.15) is 22.8 Å². The number of nitrogens with zero attached hydrogens (tertiary/aromatic N) is 1. The summed E-state index contributed by atoms with van der Waals surface area (Å²) < 4.78 is 59.5. The molecular weight excluding hydrogens is 522 g/mol. The molecule has 0 aliphatic heterocycles. The molecule has 6 nitrogen and oxygen atoms in total. The van der Waals surface area contributed by atoms with Crippen LogP contribution in [0.3, 0.4) is 0 Å². The van der Waals surface area contributed by atoms with Crippen molar-refractivity contribution in [3.8, 4) is 23.0 Å². The monoisotopic (exact) mass is 549 g/mol. The van der Waals surface area contributed by atoms with Crippen LogP contribution in [0.2, 0.25) is 0 Å². The van der Waals surface area contributed by atoms with Gasteiger partial charge in [0.25, 0.3) is 0 Å². The second-order valence-electron chi connectivity index (χ2n) is 9.13. The molecular formula is C29H27F3NNaO5. The van der Waals surface area contributed by atoms with Crippen molar-refractivity contribution in [2.24, 2.45) is 0 Å². The number of carbonyl (C=O) groups is 1. The van der Waals surface area contributed by atoms with Crippen LogP contribution >= 0.6 is 0 Å². The molecule has 0 saturated heterocycles. The quantitative estimate of drug-likeness (QED) is 0.300. The number of fused-ring (bicyclic) bond motifs is 1. The summed E-state index contributed by atoms with van der Waals surface area (Å²) in [5.74, 6) is 0.561. The Morgan fingerprint density at radius 3 is 2.23 bits per heavy atom. The summed E-state index contributed by atoms with van der Waals surface area (Å²) in [6.07, 6.45) is -4.33. The van der Waals surface area contributed by atoms with Crippen molar-refractivity contribution < 1.29 is 66.8 Å². The third kappa shape index (κ3) is 6.54. The van der Waals surface area contributed by atoms with E-state index in [1.807, 2.05) is 0 Å². The molecule has 1 heterocycles. The minimum Gasteiger partial charge on any atom is -0.546 e. The van der Waals surface area contributed by atoms with Crippen LogP contribution in [0.5, 0.6) is 23.0 Å². The Labute approximate surface area is 246 Å². The van der Waals surface area contributed by atoms with Crippen LogP contribution in [0.4, 0.5) is 13.2 Å². The molecule has 0 amide bonds. The van der Waals surface area contributed by atoms with E-state index < -0.39 is 23.3 Å². The zero-order valence-corrected chi connectivity index (χ0v) is 24.4. The van der Waals surface area contributed by atoms with E-state index >= 15 is 0 Å². The molecule has 1 aromatic heterocycles. The van der Waals surface area contributed by atoms with E-state index in [4.69, 9.17) is 14.2 Å². The van der Waals surface area contributed by atoms with Crippen LogP contribution in [0.25, 0.3) is 10.9 Å². The standard InChI is InChI=1S/C29H28F3NO5.Na/c1-5-28(3,27(34)35)38-23-8-6-7-19(15-23)17-33-18(2)26(37-22-12-10-21(36-4)11-13-22)24-14-9-20(16-25(24)33)29(30,31)32;/h6-16H,5,17H2,1-4H3,(H,34,35);/q;+1/p-1. The van der Waals surface area contributed by atoms with Crippen LogP contribution in [-0.2, 0) is 17.5 Å². The van der Waals surface area contributed by atoms with Gasteiger partial charge in [-0.15, -0.1) is 0 Å². The first-order valence-corrected chi connectivity index (χ1v) is 12.0. The molecule has 3 aromatic carbocycles. The van der Waals surface area contributed by atoms with Crippen molar-refractivity contribution in [1.82, 2.24) is 4.57 Å². The average molecular weight is 550 g/mol. The fourth-order valence-electron chi connectivity index (χ4n) is 4.12. The molecule has 200 valence electrons. The van der Waals surface area contributed by atoms with Crippen molar-refractivity contribution in [2.75, 3.05) is 7.11 Å². The van der Waals surface area contributed by atoms with Gasteiger partial charge in [-0.3, -0.25) is 0 Å². The maximum Gasteiger partial charge on any atom is 1.00 e. The zero-order valence-electron chi connectivity index (χ0n) is 22.4. The maximum atomic E-state index is 13.6. The Bertz CT molecular complexity index is 1470. The molecule has 0 spiro atoms. The minimum atomic E-state index is -4.52. The fraction of sp³-hybridized carbons (Fsp3) is 0.276. The third-order valence-electron chi connectivity index (χ3n) is 6.56. The smallest absolute Gasteiger partial charge is 0.546 e. The van der Waals surface area contributed by atoms with E-state index in [-0.39, 0.29) is 42.5 Å². The number of ether oxygens (including phenoxy) is 3. The molecule has 0 fully saturated rings. The molecule has 0 aliphatic rings. The molecule has 4 aromatic rings. The number of carboxylic acids is 1. The van der Waals surface area contributed by atoms with Gasteiger partial charge in [0.05, 0.1) is 29.9 Å². The largest absolute Gasteiger partial charge is 1.00 e. The van der Waals surface area contributed by atoms with Gasteiger partial charge in [-0.25, -0.2) is 0 Å². The molecule has 0 N–H and O–H groups in total. The Balaban J connectivity index is 0.00000420. The Hall–Kier alpha value is -3.14. The van der Waals surface area contributed by atoms with Gasteiger partial charge in [0.2, 0.25) is 0 Å². The summed E-state index contributed by atoms with van der Waals surface area (Å²) in [4.78, 5) is 11.6. The first kappa shape index (κ1) is 30.4. The van der Waals surface area contributed by atoms with E-state index in [0.29, 0.717) is 45.2 Å². The second kappa shape index (κ2) is 11.9. The molecule has 1 unspecified atom stereocenters. The van der Waals surface area contributed by atoms with Crippen LogP contribution < -0.4 is 48.9 Å². The van der Waals surface area contributed by atoms with Crippen molar-refractivity contribution in [2.45, 2.75) is 45.5 Å². The van der Waals surface area contributed by atoms with Gasteiger partial charge in [-0.1, -0.05) is 19.1 Å². The van der Waals surface area contributed by atoms with Crippen LogP contribution in [0, 0.1) is 6.92 Å². The van der Waals surface area contributed by atoms with E-state index in [1.54, 1.807) is 74.1 Å². The Kier molecular flexibility index (Phi) is 9.31. The van der Waals surface area contributed by atoms with Crippen LogP contribution in [-0.4, -0.2) is 23.2 Å². The second-order valence-corrected chi connectivity index (χ2v) is 9.13. The minimum absolute atomic E-state index is 0. The van der Waals surface area contributed by atoms with E-state index in [2.05, 4.69) is 0 Å². The van der Waals surface area contributed by atoms with E-state index in [0.717, 1.165) is 12.1 Å². The predicted octanol–water partition coefficient (Wildman–Crippen LogP) is 3.12. The number of hydrogen-bond donors (Lipinski definition) is 0. The molecule has 0 aliphatic carbocycles. The first-order chi connectivity index (χ1) is 17.9. The van der Waals surface area contributed by atoms with Crippen molar-refractivity contribution in [3.05, 3.63) is 83.6 Å². The van der Waals surface area contributed by atoms with Crippen molar-refractivity contribution >= 4 is 16.9 Å². The number of alkyl halides is 3. The maximum absolute atomic E-state index is 13.6. The average Bonchev–Trinajstić information content (AvgIpc) is 3.14. The number of methoxy groups -OCH3 is 1. The molecule has 0 radical (unpaired) electrons. The van der Waals surface area contributed by atoms with Gasteiger partial charge < -0.3 is 28.7 Å². The number of carboxylic acid groups (broad SMARTS) is 1. The molecule has 10 heteroatoms. The first-order valence-electron chi connectivity index (χ1n) is 12.0. The molecule has 0 saturated carbocycles. The number of carbonyl (C=O) groups excluding carboxylic acids is 1. The summed E-state index contributed by atoms with van der Waals surface area (Å²) in [7, 11) is 1.55. The number of rotatable bonds is 9. The van der Waals surface area contributed by atoms with Gasteiger partial charge in [-0.2, -0.15) is 13.2 Å². The summed E-state index contributed by atoms with van der Waals surface area (Å²) >= 11 is 0. The number of hydrogen-bond acceptors (Lipinski definition) is 5. The van der Waals surface area contributed by atoms with Crippen molar-refractivity contribution in [3.63, 3.8) is 0 Å². The summed E-state index contributed by atoms with van der Waals surface area (Å²) in [5, 5.41) is 12.1. The molecule has 4 rings (SSSR count). The number of aliphatic carboxylic acids is 1. The molecule has 39 heavy (non-hydrogen) atoms. The van der Waals surface area contributed by atoms with Gasteiger partial charge in [0.15, 0.2) is 5.75 Å².